The molecule has 9 heteroatoms. The summed E-state index contributed by atoms with van der Waals surface area (Å²) in [5, 5.41) is 12.0. The number of carbonyl (C=O) groups excluding carboxylic acids is 2. The van der Waals surface area contributed by atoms with Gasteiger partial charge in [0.2, 0.25) is 5.91 Å². The van der Waals surface area contributed by atoms with Crippen LogP contribution in [0.15, 0.2) is 101 Å². The van der Waals surface area contributed by atoms with Crippen molar-refractivity contribution < 1.29 is 9.59 Å². The first kappa shape index (κ1) is 23.3. The van der Waals surface area contributed by atoms with Crippen LogP contribution in [0.4, 0.5) is 5.69 Å². The monoisotopic (exact) mass is 497 g/mol. The lowest BCUT2D eigenvalue weighted by Crippen LogP contribution is -2.45. The second-order valence-corrected chi connectivity index (χ2v) is 9.20. The maximum atomic E-state index is 13.3. The molecule has 5 aromatic rings. The minimum absolute atomic E-state index is 0.237. The van der Waals surface area contributed by atoms with Gasteiger partial charge in [0.1, 0.15) is 6.04 Å². The van der Waals surface area contributed by atoms with Crippen LogP contribution in [-0.2, 0) is 17.8 Å². The van der Waals surface area contributed by atoms with Gasteiger partial charge in [-0.1, -0.05) is 54.6 Å². The van der Waals surface area contributed by atoms with Gasteiger partial charge in [0.25, 0.3) is 5.91 Å². The molecule has 0 spiro atoms. The summed E-state index contributed by atoms with van der Waals surface area (Å²) in [7, 11) is 0. The fourth-order valence-electron chi connectivity index (χ4n) is 3.92. The molecule has 0 saturated heterocycles. The highest BCUT2D eigenvalue weighted by Gasteiger charge is 2.22. The van der Waals surface area contributed by atoms with Crippen molar-refractivity contribution in [2.75, 3.05) is 5.32 Å². The number of hydrogen-bond donors (Lipinski definition) is 2. The van der Waals surface area contributed by atoms with Crippen molar-refractivity contribution in [3.8, 4) is 0 Å². The molecule has 3 heterocycles. The van der Waals surface area contributed by atoms with E-state index in [0.717, 1.165) is 11.1 Å². The Bertz CT molecular complexity index is 1560. The minimum atomic E-state index is -0.772. The third-order valence-electron chi connectivity index (χ3n) is 5.66. The molecule has 0 saturated carbocycles. The normalized spacial score (nSPS) is 11.8. The number of carbonyl (C=O) groups is 2. The zero-order valence-corrected chi connectivity index (χ0v) is 20.0. The van der Waals surface area contributed by atoms with Crippen LogP contribution >= 0.6 is 11.3 Å². The molecule has 3 aromatic heterocycles. The maximum absolute atomic E-state index is 13.3. The van der Waals surface area contributed by atoms with Crippen molar-refractivity contribution in [2.24, 2.45) is 0 Å². The molecule has 2 aromatic carbocycles. The molecule has 1 atom stereocenters. The van der Waals surface area contributed by atoms with Crippen LogP contribution in [0.25, 0.3) is 5.65 Å². The summed E-state index contributed by atoms with van der Waals surface area (Å²) in [5.74, 6) is -0.619. The van der Waals surface area contributed by atoms with E-state index >= 15 is 0 Å². The van der Waals surface area contributed by atoms with Crippen molar-refractivity contribution in [2.45, 2.75) is 19.0 Å². The number of thiophene rings is 1. The highest BCUT2D eigenvalue weighted by molar-refractivity contribution is 7.12. The van der Waals surface area contributed by atoms with Crippen LogP contribution in [0, 0.1) is 0 Å². The van der Waals surface area contributed by atoms with Crippen molar-refractivity contribution in [3.05, 3.63) is 123 Å². The van der Waals surface area contributed by atoms with Crippen molar-refractivity contribution >= 4 is 34.5 Å². The molecular weight excluding hydrogens is 474 g/mol. The molecule has 0 aliphatic rings. The predicted octanol–water partition coefficient (Wildman–Crippen LogP) is 3.59. The van der Waals surface area contributed by atoms with Gasteiger partial charge < -0.3 is 10.6 Å². The highest BCUT2D eigenvalue weighted by atomic mass is 32.1. The van der Waals surface area contributed by atoms with E-state index in [0.29, 0.717) is 22.6 Å². The van der Waals surface area contributed by atoms with Gasteiger partial charge in [0.15, 0.2) is 5.65 Å². The first-order valence-electron chi connectivity index (χ1n) is 11.4. The Morgan fingerprint density at radius 2 is 1.72 bits per heavy atom. The van der Waals surface area contributed by atoms with Crippen LogP contribution in [0.5, 0.6) is 0 Å². The van der Waals surface area contributed by atoms with Crippen LogP contribution in [0.1, 0.15) is 20.8 Å². The average molecular weight is 498 g/mol. The molecule has 0 aliphatic heterocycles. The Balaban J connectivity index is 1.33. The molecule has 0 fully saturated rings. The van der Waals surface area contributed by atoms with E-state index in [1.165, 1.54) is 20.4 Å². The largest absolute Gasteiger partial charge is 0.350 e. The molecule has 1 unspecified atom stereocenters. The Morgan fingerprint density at radius 1 is 0.917 bits per heavy atom. The van der Waals surface area contributed by atoms with E-state index in [1.54, 1.807) is 42.6 Å². The van der Waals surface area contributed by atoms with Gasteiger partial charge in [0.05, 0.1) is 11.4 Å². The SMILES string of the molecule is O=C(NC(Cc1ccccc1)C(=O)Nc1cccc(Cn2nc3ccccn3c2=O)c1)c1cccs1. The van der Waals surface area contributed by atoms with E-state index < -0.39 is 6.04 Å². The number of hydrogen-bond acceptors (Lipinski definition) is 5. The van der Waals surface area contributed by atoms with Crippen molar-refractivity contribution in [1.82, 2.24) is 19.5 Å². The summed E-state index contributed by atoms with van der Waals surface area (Å²) in [4.78, 5) is 39.1. The number of aromatic nitrogens is 3. The zero-order valence-electron chi connectivity index (χ0n) is 19.2. The molecular formula is C27H23N5O3S. The number of rotatable bonds is 8. The third kappa shape index (κ3) is 5.26. The smallest absolute Gasteiger partial charge is 0.339 e. The molecule has 5 rings (SSSR count). The number of benzene rings is 2. The first-order valence-corrected chi connectivity index (χ1v) is 12.3. The molecule has 36 heavy (non-hydrogen) atoms. The quantitative estimate of drug-likeness (QED) is 0.342. The summed E-state index contributed by atoms with van der Waals surface area (Å²) in [6, 6.07) is 24.9. The first-order chi connectivity index (χ1) is 17.6. The van der Waals surface area contributed by atoms with Crippen LogP contribution in [0.3, 0.4) is 0 Å². The van der Waals surface area contributed by atoms with Crippen molar-refractivity contribution in [3.63, 3.8) is 0 Å². The van der Waals surface area contributed by atoms with E-state index in [2.05, 4.69) is 15.7 Å². The Labute approximate surface area is 210 Å². The molecule has 0 bridgehead atoms. The molecule has 8 nitrogen and oxygen atoms in total. The van der Waals surface area contributed by atoms with Gasteiger partial charge in [-0.3, -0.25) is 14.0 Å². The number of amides is 2. The van der Waals surface area contributed by atoms with E-state index in [9.17, 15) is 14.4 Å². The zero-order chi connectivity index (χ0) is 24.9. The predicted molar refractivity (Wildman–Crippen MR) is 139 cm³/mol. The lowest BCUT2D eigenvalue weighted by Gasteiger charge is -2.19. The number of pyridine rings is 1. The summed E-state index contributed by atoms with van der Waals surface area (Å²) in [6.07, 6.45) is 2.02. The lowest BCUT2D eigenvalue weighted by molar-refractivity contribution is -0.118. The fourth-order valence-corrected chi connectivity index (χ4v) is 4.54. The van der Waals surface area contributed by atoms with Crippen LogP contribution in [-0.4, -0.2) is 32.0 Å². The Kier molecular flexibility index (Phi) is 6.72. The standard InChI is InChI=1S/C27H23N5O3S/c33-25(22(17-19-8-2-1-3-9-19)29-26(34)23-12-7-15-36-23)28-21-11-6-10-20(16-21)18-32-27(35)31-14-5-4-13-24(31)30-32/h1-16,22H,17-18H2,(H,28,33)(H,29,34). The minimum Gasteiger partial charge on any atom is -0.339 e. The average Bonchev–Trinajstić information content (AvgIpc) is 3.54. The highest BCUT2D eigenvalue weighted by Crippen LogP contribution is 2.14. The van der Waals surface area contributed by atoms with Crippen molar-refractivity contribution in [1.29, 1.82) is 0 Å². The number of anilines is 1. The molecule has 2 amide bonds. The summed E-state index contributed by atoms with van der Waals surface area (Å²) >= 11 is 1.32. The lowest BCUT2D eigenvalue weighted by atomic mass is 10.0. The van der Waals surface area contributed by atoms with Gasteiger partial charge in [0, 0.05) is 18.3 Å². The Morgan fingerprint density at radius 3 is 2.50 bits per heavy atom. The Hall–Kier alpha value is -4.50. The van der Waals surface area contributed by atoms with E-state index in [4.69, 9.17) is 0 Å². The summed E-state index contributed by atoms with van der Waals surface area (Å²) in [6.45, 7) is 0.257. The fraction of sp³-hybridized carbons (Fsp3) is 0.111. The van der Waals surface area contributed by atoms with Gasteiger partial charge in [-0.25, -0.2) is 9.48 Å². The third-order valence-corrected chi connectivity index (χ3v) is 6.53. The van der Waals surface area contributed by atoms with E-state index in [1.807, 2.05) is 53.9 Å². The summed E-state index contributed by atoms with van der Waals surface area (Å²) < 4.78 is 2.87. The molecule has 180 valence electrons. The van der Waals surface area contributed by atoms with E-state index in [-0.39, 0.29) is 24.0 Å². The molecule has 2 N–H and O–H groups in total. The summed E-state index contributed by atoms with van der Waals surface area (Å²) in [5.41, 5.74) is 2.64. The maximum Gasteiger partial charge on any atom is 0.350 e. The second kappa shape index (κ2) is 10.4. The number of nitrogens with one attached hydrogen (secondary N) is 2. The number of fused-ring (bicyclic) bond motifs is 1. The van der Waals surface area contributed by atoms with Gasteiger partial charge in [-0.15, -0.1) is 16.4 Å². The van der Waals surface area contributed by atoms with Crippen LogP contribution < -0.4 is 16.3 Å². The van der Waals surface area contributed by atoms with Gasteiger partial charge in [-0.05, 0) is 46.8 Å². The number of nitrogens with zero attached hydrogens (tertiary/aromatic N) is 3. The van der Waals surface area contributed by atoms with Gasteiger partial charge >= 0.3 is 5.69 Å². The molecule has 0 radical (unpaired) electrons. The van der Waals surface area contributed by atoms with Crippen LogP contribution in [0.2, 0.25) is 0 Å². The molecule has 0 aliphatic carbocycles. The van der Waals surface area contributed by atoms with Gasteiger partial charge in [-0.2, -0.15) is 0 Å². The topological polar surface area (TPSA) is 97.5 Å². The second-order valence-electron chi connectivity index (χ2n) is 8.25.